The number of carbonyl (C=O) groups excluding carboxylic acids is 2. The predicted octanol–water partition coefficient (Wildman–Crippen LogP) is 13.4. The van der Waals surface area contributed by atoms with Gasteiger partial charge in [-0.2, -0.15) is 0 Å². The minimum absolute atomic E-state index is 0.0245. The van der Waals surface area contributed by atoms with E-state index in [2.05, 4.69) is 50.4 Å². The van der Waals surface area contributed by atoms with Gasteiger partial charge in [-0.05, 0) is 70.3 Å². The molecule has 9 nitrogen and oxygen atoms in total. The molecule has 0 aromatic rings. The smallest absolute Gasteiger partial charge is 0.306 e. The van der Waals surface area contributed by atoms with Gasteiger partial charge in [0, 0.05) is 12.8 Å². The highest BCUT2D eigenvalue weighted by Crippen LogP contribution is 2.38. The van der Waals surface area contributed by atoms with E-state index >= 15 is 0 Å². The second kappa shape index (κ2) is 41.3. The van der Waals surface area contributed by atoms with Crippen LogP contribution in [0.25, 0.3) is 0 Å². The number of nitrogens with one attached hydrogen (secondary N) is 1. The third-order valence-corrected chi connectivity index (χ3v) is 11.8. The average molecular weight is 867 g/mol. The van der Waals surface area contributed by atoms with Crippen LogP contribution >= 0.6 is 7.82 Å². The van der Waals surface area contributed by atoms with Crippen LogP contribution in [0.15, 0.2) is 36.5 Å². The molecule has 0 aromatic carbocycles. The predicted molar refractivity (Wildman–Crippen MR) is 252 cm³/mol. The van der Waals surface area contributed by atoms with E-state index in [1.807, 2.05) is 33.3 Å². The zero-order valence-electron chi connectivity index (χ0n) is 39.9. The largest absolute Gasteiger partial charge is 0.756 e. The molecule has 0 fully saturated rings. The van der Waals surface area contributed by atoms with Gasteiger partial charge in [-0.1, -0.05) is 173 Å². The van der Waals surface area contributed by atoms with Gasteiger partial charge in [-0.15, -0.1) is 0 Å². The maximum atomic E-state index is 13.3. The normalized spacial score (nSPS) is 14.3. The molecule has 60 heavy (non-hydrogen) atoms. The number of quaternary nitrogens is 1. The topological polar surface area (TPSA) is 114 Å². The molecule has 1 N–H and O–H groups in total. The van der Waals surface area contributed by atoms with Crippen LogP contribution in [0.1, 0.15) is 220 Å². The summed E-state index contributed by atoms with van der Waals surface area (Å²) in [6, 6.07) is -0.889. The van der Waals surface area contributed by atoms with Gasteiger partial charge in [0.25, 0.3) is 7.82 Å². The van der Waals surface area contributed by atoms with E-state index in [-0.39, 0.29) is 24.9 Å². The fourth-order valence-corrected chi connectivity index (χ4v) is 7.56. The van der Waals surface area contributed by atoms with Crippen LogP contribution in [-0.4, -0.2) is 69.4 Å². The Bertz CT molecular complexity index is 1140. The molecule has 0 aliphatic carbocycles. The van der Waals surface area contributed by atoms with Gasteiger partial charge in [-0.3, -0.25) is 14.2 Å². The van der Waals surface area contributed by atoms with Crippen LogP contribution in [-0.2, 0) is 27.9 Å². The molecular formula is C50H95N2O7P. The lowest BCUT2D eigenvalue weighted by Crippen LogP contribution is -2.47. The SMILES string of the molecule is CCCC/C=C\CCCCCCCC(=O)NC(COP(=O)([O-])OCC[N+](C)(C)C)C(/C=C/CCCCCCCCCCCC)OC(=O)CCCCCCC/C=C\CCCC. The number of rotatable bonds is 44. The number of nitrogens with zero attached hydrogens (tertiary/aromatic N) is 1. The summed E-state index contributed by atoms with van der Waals surface area (Å²) in [7, 11) is 1.17. The van der Waals surface area contributed by atoms with E-state index < -0.39 is 26.6 Å². The highest BCUT2D eigenvalue weighted by molar-refractivity contribution is 7.45. The van der Waals surface area contributed by atoms with Crippen molar-refractivity contribution in [2.24, 2.45) is 0 Å². The fraction of sp³-hybridized carbons (Fsp3) is 0.840. The zero-order valence-corrected chi connectivity index (χ0v) is 40.8. The Hall–Kier alpha value is -1.77. The Balaban J connectivity index is 5.50. The second-order valence-corrected chi connectivity index (χ2v) is 19.4. The van der Waals surface area contributed by atoms with Gasteiger partial charge in [0.1, 0.15) is 19.3 Å². The highest BCUT2D eigenvalue weighted by atomic mass is 31.2. The Morgan fingerprint density at radius 3 is 1.47 bits per heavy atom. The van der Waals surface area contributed by atoms with Gasteiger partial charge >= 0.3 is 5.97 Å². The fourth-order valence-electron chi connectivity index (χ4n) is 6.83. The van der Waals surface area contributed by atoms with Crippen LogP contribution in [0.2, 0.25) is 0 Å². The van der Waals surface area contributed by atoms with Crippen molar-refractivity contribution in [1.29, 1.82) is 0 Å². The zero-order chi connectivity index (χ0) is 44.4. The maximum Gasteiger partial charge on any atom is 0.306 e. The van der Waals surface area contributed by atoms with Crippen LogP contribution in [0, 0.1) is 0 Å². The van der Waals surface area contributed by atoms with E-state index in [1.165, 1.54) is 77.0 Å². The number of amides is 1. The Morgan fingerprint density at radius 2 is 0.983 bits per heavy atom. The number of allylic oxidation sites excluding steroid dienone is 5. The molecule has 3 atom stereocenters. The number of likely N-dealkylation sites (N-methyl/N-ethyl adjacent to an activating group) is 1. The first-order valence-electron chi connectivity index (χ1n) is 24.8. The molecule has 0 saturated carbocycles. The van der Waals surface area contributed by atoms with Crippen LogP contribution in [0.3, 0.4) is 0 Å². The first-order chi connectivity index (χ1) is 28.9. The molecule has 0 rings (SSSR count). The number of carbonyl (C=O) groups is 2. The van der Waals surface area contributed by atoms with Crippen LogP contribution in [0.5, 0.6) is 0 Å². The number of hydrogen-bond acceptors (Lipinski definition) is 7. The van der Waals surface area contributed by atoms with Gasteiger partial charge in [-0.25, -0.2) is 0 Å². The molecular weight excluding hydrogens is 772 g/mol. The van der Waals surface area contributed by atoms with E-state index in [1.54, 1.807) is 0 Å². The standard InChI is InChI=1S/C50H95N2O7P/c1-7-10-13-16-19-22-25-28-29-32-35-38-41-48(59-50(54)43-40-37-34-31-27-24-21-18-15-12-9-3)47(46-58-60(55,56)57-45-44-52(4,5)6)51-49(53)42-39-36-33-30-26-23-20-17-14-11-8-2/h17-18,20-21,38,41,47-48H,7-16,19,22-37,39-40,42-46H2,1-6H3,(H-,51,53,55,56)/b20-17-,21-18-,41-38+. The molecule has 0 aliphatic rings. The maximum absolute atomic E-state index is 13.3. The lowest BCUT2D eigenvalue weighted by atomic mass is 10.0. The molecule has 10 heteroatoms. The van der Waals surface area contributed by atoms with Crippen molar-refractivity contribution in [1.82, 2.24) is 5.32 Å². The first kappa shape index (κ1) is 58.2. The van der Waals surface area contributed by atoms with Gasteiger partial charge in [0.15, 0.2) is 0 Å². The summed E-state index contributed by atoms with van der Waals surface area (Å²) in [4.78, 5) is 39.5. The lowest BCUT2D eigenvalue weighted by molar-refractivity contribution is -0.870. The van der Waals surface area contributed by atoms with Crippen LogP contribution < -0.4 is 10.2 Å². The third-order valence-electron chi connectivity index (χ3n) is 10.8. The van der Waals surface area contributed by atoms with Crippen molar-refractivity contribution in [3.63, 3.8) is 0 Å². The summed E-state index contributed by atoms with van der Waals surface area (Å²) in [6.45, 7) is 6.73. The summed E-state index contributed by atoms with van der Waals surface area (Å²) >= 11 is 0. The number of phosphoric ester groups is 1. The van der Waals surface area contributed by atoms with Crippen molar-refractivity contribution in [2.75, 3.05) is 40.9 Å². The Labute approximate surface area is 370 Å². The number of esters is 1. The molecule has 0 aromatic heterocycles. The number of hydrogen-bond donors (Lipinski definition) is 1. The molecule has 3 unspecified atom stereocenters. The lowest BCUT2D eigenvalue weighted by Gasteiger charge is -2.30. The van der Waals surface area contributed by atoms with Gasteiger partial charge in [0.05, 0.1) is 33.8 Å². The van der Waals surface area contributed by atoms with E-state index in [4.69, 9.17) is 13.8 Å². The number of unbranched alkanes of at least 4 members (excludes halogenated alkanes) is 24. The van der Waals surface area contributed by atoms with E-state index in [9.17, 15) is 19.0 Å². The van der Waals surface area contributed by atoms with Gasteiger partial charge in [0.2, 0.25) is 5.91 Å². The second-order valence-electron chi connectivity index (χ2n) is 18.0. The molecule has 1 amide bonds. The van der Waals surface area contributed by atoms with Gasteiger partial charge < -0.3 is 28.5 Å². The molecule has 0 saturated heterocycles. The average Bonchev–Trinajstić information content (AvgIpc) is 3.20. The number of phosphoric acid groups is 1. The van der Waals surface area contributed by atoms with Crippen molar-refractivity contribution in [3.05, 3.63) is 36.5 Å². The molecule has 0 heterocycles. The van der Waals surface area contributed by atoms with E-state index in [0.717, 1.165) is 109 Å². The summed E-state index contributed by atoms with van der Waals surface area (Å²) < 4.78 is 30.0. The minimum Gasteiger partial charge on any atom is -0.756 e. The van der Waals surface area contributed by atoms with Crippen molar-refractivity contribution < 1.29 is 37.3 Å². The van der Waals surface area contributed by atoms with Crippen molar-refractivity contribution >= 4 is 19.7 Å². The monoisotopic (exact) mass is 867 g/mol. The quantitative estimate of drug-likeness (QED) is 0.0213. The molecule has 352 valence electrons. The Kier molecular flexibility index (Phi) is 40.0. The molecule has 0 aliphatic heterocycles. The molecule has 0 bridgehead atoms. The summed E-state index contributed by atoms with van der Waals surface area (Å²) in [5.74, 6) is -0.565. The first-order valence-corrected chi connectivity index (χ1v) is 26.3. The third kappa shape index (κ3) is 41.6. The minimum atomic E-state index is -4.68. The highest BCUT2D eigenvalue weighted by Gasteiger charge is 2.27. The Morgan fingerprint density at radius 1 is 0.567 bits per heavy atom. The van der Waals surface area contributed by atoms with E-state index in [0.29, 0.717) is 17.4 Å². The molecule has 0 spiro atoms. The summed E-state index contributed by atoms with van der Waals surface area (Å²) in [5, 5.41) is 2.99. The summed E-state index contributed by atoms with van der Waals surface area (Å²) in [6.07, 6.45) is 45.4. The number of ether oxygens (including phenoxy) is 1. The van der Waals surface area contributed by atoms with Crippen LogP contribution in [0.4, 0.5) is 0 Å². The summed E-state index contributed by atoms with van der Waals surface area (Å²) in [5.41, 5.74) is 0. The van der Waals surface area contributed by atoms with Crippen molar-refractivity contribution in [2.45, 2.75) is 232 Å². The van der Waals surface area contributed by atoms with Crippen molar-refractivity contribution in [3.8, 4) is 0 Å². The molecule has 0 radical (unpaired) electrons.